The van der Waals surface area contributed by atoms with Crippen molar-refractivity contribution in [3.8, 4) is 16.9 Å². The number of nitrogens with one attached hydrogen (secondary N) is 1. The number of pyridine rings is 1. The predicted octanol–water partition coefficient (Wildman–Crippen LogP) is 5.09. The van der Waals surface area contributed by atoms with Crippen LogP contribution >= 0.6 is 22.9 Å². The van der Waals surface area contributed by atoms with Crippen LogP contribution in [0.1, 0.15) is 10.4 Å². The van der Waals surface area contributed by atoms with Crippen LogP contribution in [0.3, 0.4) is 0 Å². The molecule has 1 aliphatic heterocycles. The van der Waals surface area contributed by atoms with Gasteiger partial charge in [-0.2, -0.15) is 13.2 Å². The van der Waals surface area contributed by atoms with Crippen LogP contribution in [0.15, 0.2) is 52.3 Å². The van der Waals surface area contributed by atoms with Crippen LogP contribution in [0.4, 0.5) is 22.0 Å². The van der Waals surface area contributed by atoms with Crippen molar-refractivity contribution in [1.29, 1.82) is 0 Å². The van der Waals surface area contributed by atoms with E-state index in [1.54, 1.807) is 31.2 Å². The molecule has 1 aromatic carbocycles. The van der Waals surface area contributed by atoms with E-state index in [-0.39, 0.29) is 19.6 Å². The second-order valence-electron chi connectivity index (χ2n) is 9.46. The van der Waals surface area contributed by atoms with Gasteiger partial charge in [0.05, 0.1) is 22.7 Å². The van der Waals surface area contributed by atoms with Crippen LogP contribution in [0.25, 0.3) is 21.3 Å². The topological polar surface area (TPSA) is 78.2 Å². The molecule has 4 heterocycles. The van der Waals surface area contributed by atoms with Crippen molar-refractivity contribution in [3.63, 3.8) is 0 Å². The molecule has 0 aliphatic carbocycles. The maximum absolute atomic E-state index is 13.6. The standard InChI is InChI=1S/C26H22ClF5N4O3S/c1-13-6-14(27)7-17(22(13)39-20-10-33-9-18(20)24(28)29)16-2-4-34-19-8-15(40-23(16)19)11-36-21(37)3-5-35(25(36)38)12-26(30,31)32/h2-8,18,20,24,33H,9-12H2,1H3/t18-,20+/m0/s1. The van der Waals surface area contributed by atoms with E-state index in [9.17, 15) is 31.5 Å². The van der Waals surface area contributed by atoms with E-state index in [0.29, 0.717) is 47.1 Å². The lowest BCUT2D eigenvalue weighted by atomic mass is 10.0. The van der Waals surface area contributed by atoms with Crippen LogP contribution in [-0.4, -0.2) is 45.9 Å². The molecule has 1 saturated heterocycles. The van der Waals surface area contributed by atoms with Gasteiger partial charge < -0.3 is 10.1 Å². The zero-order chi connectivity index (χ0) is 28.8. The quantitative estimate of drug-likeness (QED) is 0.299. The highest BCUT2D eigenvalue weighted by Crippen LogP contribution is 2.42. The first kappa shape index (κ1) is 28.2. The summed E-state index contributed by atoms with van der Waals surface area (Å²) in [6.45, 7) is 0.351. The zero-order valence-corrected chi connectivity index (χ0v) is 22.4. The van der Waals surface area contributed by atoms with E-state index in [1.807, 2.05) is 0 Å². The van der Waals surface area contributed by atoms with E-state index < -0.39 is 42.4 Å². The van der Waals surface area contributed by atoms with E-state index in [0.717, 1.165) is 16.8 Å². The van der Waals surface area contributed by atoms with Crippen molar-refractivity contribution in [2.24, 2.45) is 5.92 Å². The summed E-state index contributed by atoms with van der Waals surface area (Å²) in [4.78, 5) is 29.9. The summed E-state index contributed by atoms with van der Waals surface area (Å²) in [5.74, 6) is -0.597. The normalized spacial score (nSPS) is 17.7. The monoisotopic (exact) mass is 600 g/mol. The molecule has 0 spiro atoms. The molecular formula is C26H22ClF5N4O3S. The molecule has 4 aromatic rings. The summed E-state index contributed by atoms with van der Waals surface area (Å²) < 4.78 is 73.8. The van der Waals surface area contributed by atoms with Gasteiger partial charge in [0, 0.05) is 52.6 Å². The Morgan fingerprint density at radius 2 is 1.95 bits per heavy atom. The molecule has 0 amide bonds. The number of rotatable bonds is 7. The van der Waals surface area contributed by atoms with Crippen LogP contribution < -0.4 is 21.3 Å². The number of aryl methyl sites for hydroxylation is 1. The molecule has 0 bridgehead atoms. The fourth-order valence-corrected chi connectivity index (χ4v) is 6.15. The molecule has 3 aromatic heterocycles. The number of hydrogen-bond acceptors (Lipinski definition) is 6. The predicted molar refractivity (Wildman–Crippen MR) is 142 cm³/mol. The first-order valence-electron chi connectivity index (χ1n) is 12.1. The first-order chi connectivity index (χ1) is 18.9. The van der Waals surface area contributed by atoms with Gasteiger partial charge >= 0.3 is 11.9 Å². The molecule has 1 aliphatic rings. The molecule has 0 unspecified atom stereocenters. The Hall–Kier alpha value is -3.29. The average Bonchev–Trinajstić information content (AvgIpc) is 3.51. The maximum atomic E-state index is 13.6. The number of aromatic nitrogens is 3. The molecule has 7 nitrogen and oxygen atoms in total. The molecule has 5 rings (SSSR count). The minimum Gasteiger partial charge on any atom is -0.488 e. The lowest BCUT2D eigenvalue weighted by molar-refractivity contribution is -0.141. The smallest absolute Gasteiger partial charge is 0.406 e. The Bertz CT molecular complexity index is 1680. The summed E-state index contributed by atoms with van der Waals surface area (Å²) in [5, 5.41) is 3.34. The Labute approximate surface area is 232 Å². The summed E-state index contributed by atoms with van der Waals surface area (Å²) in [7, 11) is 0. The Morgan fingerprint density at radius 1 is 1.18 bits per heavy atom. The van der Waals surface area contributed by atoms with Gasteiger partial charge in [-0.25, -0.2) is 13.6 Å². The van der Waals surface area contributed by atoms with Gasteiger partial charge in [0.15, 0.2) is 0 Å². The van der Waals surface area contributed by atoms with Gasteiger partial charge in [-0.1, -0.05) is 11.6 Å². The molecule has 2 atom stereocenters. The molecule has 0 radical (unpaired) electrons. The highest BCUT2D eigenvalue weighted by atomic mass is 35.5. The minimum atomic E-state index is -4.64. The van der Waals surface area contributed by atoms with Crippen LogP contribution in [0.2, 0.25) is 5.02 Å². The third kappa shape index (κ3) is 5.77. The van der Waals surface area contributed by atoms with Crippen LogP contribution in [0, 0.1) is 12.8 Å². The lowest BCUT2D eigenvalue weighted by Gasteiger charge is -2.23. The van der Waals surface area contributed by atoms with Gasteiger partial charge in [0.1, 0.15) is 18.4 Å². The summed E-state index contributed by atoms with van der Waals surface area (Å²) in [5.41, 5.74) is 0.509. The van der Waals surface area contributed by atoms with Crippen molar-refractivity contribution in [1.82, 2.24) is 19.4 Å². The molecule has 0 saturated carbocycles. The fraction of sp³-hybridized carbons (Fsp3) is 0.346. The Kier molecular flexibility index (Phi) is 7.73. The average molecular weight is 601 g/mol. The van der Waals surface area contributed by atoms with Gasteiger partial charge in [-0.15, -0.1) is 11.3 Å². The van der Waals surface area contributed by atoms with E-state index in [2.05, 4.69) is 10.3 Å². The van der Waals surface area contributed by atoms with Crippen molar-refractivity contribution < 1.29 is 26.7 Å². The Balaban J connectivity index is 1.55. The molecular weight excluding hydrogens is 579 g/mol. The van der Waals surface area contributed by atoms with E-state index in [4.69, 9.17) is 16.3 Å². The minimum absolute atomic E-state index is 0.127. The summed E-state index contributed by atoms with van der Waals surface area (Å²) in [6.07, 6.45) is -5.61. The highest BCUT2D eigenvalue weighted by Gasteiger charge is 2.36. The molecule has 1 N–H and O–H groups in total. The lowest BCUT2D eigenvalue weighted by Crippen LogP contribution is -2.41. The Morgan fingerprint density at radius 3 is 2.67 bits per heavy atom. The number of benzene rings is 1. The number of ether oxygens (including phenoxy) is 1. The van der Waals surface area contributed by atoms with Gasteiger partial charge in [0.25, 0.3) is 5.56 Å². The second kappa shape index (κ2) is 10.9. The number of thiophene rings is 1. The molecule has 212 valence electrons. The van der Waals surface area contributed by atoms with Crippen molar-refractivity contribution >= 4 is 33.2 Å². The molecule has 14 heteroatoms. The van der Waals surface area contributed by atoms with Crippen molar-refractivity contribution in [2.45, 2.75) is 38.7 Å². The fourth-order valence-electron chi connectivity index (χ4n) is 4.74. The van der Waals surface area contributed by atoms with Crippen molar-refractivity contribution in [2.75, 3.05) is 13.1 Å². The van der Waals surface area contributed by atoms with Crippen LogP contribution in [-0.2, 0) is 13.1 Å². The van der Waals surface area contributed by atoms with Gasteiger partial charge in [0.2, 0.25) is 6.43 Å². The molecule has 1 fully saturated rings. The van der Waals surface area contributed by atoms with Crippen LogP contribution in [0.5, 0.6) is 5.75 Å². The number of fused-ring (bicyclic) bond motifs is 1. The maximum Gasteiger partial charge on any atom is 0.406 e. The van der Waals surface area contributed by atoms with Gasteiger partial charge in [-0.05, 0) is 36.8 Å². The second-order valence-corrected chi connectivity index (χ2v) is 11.0. The van der Waals surface area contributed by atoms with E-state index in [1.165, 1.54) is 17.5 Å². The summed E-state index contributed by atoms with van der Waals surface area (Å²) >= 11 is 7.57. The number of alkyl halides is 5. The highest BCUT2D eigenvalue weighted by molar-refractivity contribution is 7.19. The first-order valence-corrected chi connectivity index (χ1v) is 13.3. The van der Waals surface area contributed by atoms with Crippen molar-refractivity contribution in [3.05, 3.63) is 79.0 Å². The summed E-state index contributed by atoms with van der Waals surface area (Å²) in [6, 6.07) is 7.60. The zero-order valence-electron chi connectivity index (χ0n) is 20.8. The third-order valence-electron chi connectivity index (χ3n) is 6.59. The third-order valence-corrected chi connectivity index (χ3v) is 7.95. The number of hydrogen-bond donors (Lipinski definition) is 1. The molecule has 40 heavy (non-hydrogen) atoms. The SMILES string of the molecule is Cc1cc(Cl)cc(-c2ccnc3cc(Cn4c(=O)ccn(CC(F)(F)F)c4=O)sc23)c1O[C@@H]1CNC[C@@H]1C(F)F. The largest absolute Gasteiger partial charge is 0.488 e. The van der Waals surface area contributed by atoms with Gasteiger partial charge in [-0.3, -0.25) is 18.9 Å². The number of nitrogens with zero attached hydrogens (tertiary/aromatic N) is 3. The number of halogens is 6. The van der Waals surface area contributed by atoms with E-state index >= 15 is 0 Å².